The molecule has 0 atom stereocenters. The fourth-order valence-electron chi connectivity index (χ4n) is 3.15. The van der Waals surface area contributed by atoms with E-state index in [1.807, 2.05) is 36.4 Å². The van der Waals surface area contributed by atoms with Crippen LogP contribution in [0.1, 0.15) is 23.1 Å². The van der Waals surface area contributed by atoms with Crippen LogP contribution in [0, 0.1) is 0 Å². The summed E-state index contributed by atoms with van der Waals surface area (Å²) in [4.78, 5) is 11.0. The summed E-state index contributed by atoms with van der Waals surface area (Å²) in [5, 5.41) is 8.99. The molecule has 2 aromatic rings. The van der Waals surface area contributed by atoms with Crippen molar-refractivity contribution in [2.75, 3.05) is 14.2 Å². The van der Waals surface area contributed by atoms with Gasteiger partial charge in [-0.25, -0.2) is 4.79 Å². The number of carboxylic acids is 1. The Morgan fingerprint density at radius 1 is 1.00 bits per heavy atom. The topological polar surface area (TPSA) is 55.8 Å². The van der Waals surface area contributed by atoms with Crippen molar-refractivity contribution < 1.29 is 19.4 Å². The van der Waals surface area contributed by atoms with E-state index >= 15 is 0 Å². The van der Waals surface area contributed by atoms with Crippen LogP contribution in [-0.2, 0) is 11.2 Å². The summed E-state index contributed by atoms with van der Waals surface area (Å²) < 4.78 is 10.6. The number of carbonyl (C=O) groups is 1. The molecule has 0 unspecified atom stereocenters. The quantitative estimate of drug-likeness (QED) is 0.836. The van der Waals surface area contributed by atoms with E-state index < -0.39 is 5.97 Å². The predicted octanol–water partition coefficient (Wildman–Crippen LogP) is 4.09. The van der Waals surface area contributed by atoms with Crippen molar-refractivity contribution in [3.63, 3.8) is 0 Å². The zero-order chi connectivity index (χ0) is 17.8. The molecule has 1 aliphatic carbocycles. The summed E-state index contributed by atoms with van der Waals surface area (Å²) in [6.45, 7) is 0. The maximum absolute atomic E-state index is 11.0. The Bertz CT molecular complexity index is 845. The molecule has 0 fully saturated rings. The normalized spacial score (nSPS) is 13.7. The van der Waals surface area contributed by atoms with E-state index in [1.165, 1.54) is 11.6 Å². The fourth-order valence-corrected chi connectivity index (χ4v) is 3.15. The zero-order valence-corrected chi connectivity index (χ0v) is 14.3. The number of aryl methyl sites for hydroxylation is 1. The number of hydrogen-bond donors (Lipinski definition) is 1. The maximum Gasteiger partial charge on any atom is 0.328 e. The number of aliphatic carboxylic acids is 1. The summed E-state index contributed by atoms with van der Waals surface area (Å²) in [6.07, 6.45) is 4.54. The smallest absolute Gasteiger partial charge is 0.328 e. The molecule has 4 nitrogen and oxygen atoms in total. The second-order valence-corrected chi connectivity index (χ2v) is 5.82. The number of fused-ring (bicyclic) bond motifs is 1. The molecule has 0 spiro atoms. The van der Waals surface area contributed by atoms with Gasteiger partial charge in [0, 0.05) is 6.08 Å². The average Bonchev–Trinajstić information content (AvgIpc) is 2.65. The molecule has 1 N–H and O–H groups in total. The molecule has 0 aliphatic heterocycles. The van der Waals surface area contributed by atoms with E-state index in [4.69, 9.17) is 14.6 Å². The van der Waals surface area contributed by atoms with Crippen molar-refractivity contribution in [3.05, 3.63) is 76.9 Å². The lowest BCUT2D eigenvalue weighted by molar-refractivity contribution is -0.131. The van der Waals surface area contributed by atoms with Crippen molar-refractivity contribution >= 4 is 11.5 Å². The zero-order valence-electron chi connectivity index (χ0n) is 14.3. The summed E-state index contributed by atoms with van der Waals surface area (Å²) in [5.41, 5.74) is 5.44. The molecule has 0 saturated heterocycles. The highest BCUT2D eigenvalue weighted by atomic mass is 16.5. The van der Waals surface area contributed by atoms with Crippen LogP contribution in [0.15, 0.2) is 60.2 Å². The molecule has 0 amide bonds. The standard InChI is InChI=1S/C21H20O4/c1-24-17-8-5-15(6-9-17)21-14(7-12-20(22)23)3-4-16-13-18(25-2)10-11-19(16)21/h5-13H,3-4H2,1-2H3,(H,22,23). The average molecular weight is 336 g/mol. The molecule has 0 radical (unpaired) electrons. The molecule has 2 aromatic carbocycles. The minimum absolute atomic E-state index is 0.783. The third-order valence-electron chi connectivity index (χ3n) is 4.37. The number of rotatable bonds is 5. The summed E-state index contributed by atoms with van der Waals surface area (Å²) in [5.74, 6) is 0.678. The molecular formula is C21H20O4. The predicted molar refractivity (Wildman–Crippen MR) is 97.1 cm³/mol. The Kier molecular flexibility index (Phi) is 4.89. The van der Waals surface area contributed by atoms with Gasteiger partial charge in [0.15, 0.2) is 0 Å². The van der Waals surface area contributed by atoms with Gasteiger partial charge in [-0.05, 0) is 64.9 Å². The molecule has 0 aromatic heterocycles. The first-order chi connectivity index (χ1) is 12.1. The van der Waals surface area contributed by atoms with Crippen molar-refractivity contribution in [2.24, 2.45) is 0 Å². The number of carboxylic acid groups (broad SMARTS) is 1. The van der Waals surface area contributed by atoms with Gasteiger partial charge in [0.05, 0.1) is 14.2 Å². The van der Waals surface area contributed by atoms with Gasteiger partial charge in [-0.2, -0.15) is 0 Å². The third kappa shape index (κ3) is 3.58. The number of allylic oxidation sites excluding steroid dienone is 2. The first-order valence-electron chi connectivity index (χ1n) is 8.08. The second kappa shape index (κ2) is 7.26. The summed E-state index contributed by atoms with van der Waals surface area (Å²) in [7, 11) is 3.29. The Labute approximate surface area is 147 Å². The van der Waals surface area contributed by atoms with E-state index in [0.717, 1.165) is 46.6 Å². The van der Waals surface area contributed by atoms with Crippen molar-refractivity contribution in [1.29, 1.82) is 0 Å². The van der Waals surface area contributed by atoms with Gasteiger partial charge < -0.3 is 14.6 Å². The van der Waals surface area contributed by atoms with Crippen LogP contribution in [-0.4, -0.2) is 25.3 Å². The van der Waals surface area contributed by atoms with Crippen LogP contribution in [0.3, 0.4) is 0 Å². The van der Waals surface area contributed by atoms with Gasteiger partial charge in [-0.1, -0.05) is 24.3 Å². The number of benzene rings is 2. The van der Waals surface area contributed by atoms with Crippen LogP contribution in [0.5, 0.6) is 11.5 Å². The third-order valence-corrected chi connectivity index (χ3v) is 4.37. The Hall–Kier alpha value is -3.01. The van der Waals surface area contributed by atoms with Crippen LogP contribution >= 0.6 is 0 Å². The van der Waals surface area contributed by atoms with E-state index in [-0.39, 0.29) is 0 Å². The SMILES string of the molecule is COc1ccc(C2=C(C=CC(=O)O)CCc3cc(OC)ccc32)cc1. The molecule has 3 rings (SSSR count). The van der Waals surface area contributed by atoms with Crippen LogP contribution in [0.25, 0.3) is 5.57 Å². The number of ether oxygens (including phenoxy) is 2. The van der Waals surface area contributed by atoms with Crippen LogP contribution in [0.2, 0.25) is 0 Å². The molecule has 0 heterocycles. The first-order valence-corrected chi connectivity index (χ1v) is 8.08. The number of methoxy groups -OCH3 is 2. The van der Waals surface area contributed by atoms with Crippen molar-refractivity contribution in [1.82, 2.24) is 0 Å². The van der Waals surface area contributed by atoms with Crippen molar-refractivity contribution in [2.45, 2.75) is 12.8 Å². The van der Waals surface area contributed by atoms with Gasteiger partial charge >= 0.3 is 5.97 Å². The lowest BCUT2D eigenvalue weighted by Crippen LogP contribution is -2.06. The van der Waals surface area contributed by atoms with Crippen LogP contribution in [0.4, 0.5) is 0 Å². The highest BCUT2D eigenvalue weighted by molar-refractivity contribution is 5.88. The van der Waals surface area contributed by atoms with Gasteiger partial charge in [-0.3, -0.25) is 0 Å². The van der Waals surface area contributed by atoms with Gasteiger partial charge in [0.2, 0.25) is 0 Å². The van der Waals surface area contributed by atoms with Crippen molar-refractivity contribution in [3.8, 4) is 11.5 Å². The van der Waals surface area contributed by atoms with Gasteiger partial charge in [0.25, 0.3) is 0 Å². The van der Waals surface area contributed by atoms with E-state index in [0.29, 0.717) is 0 Å². The lowest BCUT2D eigenvalue weighted by atomic mass is 9.82. The molecule has 1 aliphatic rings. The molecule has 0 saturated carbocycles. The summed E-state index contributed by atoms with van der Waals surface area (Å²) in [6, 6.07) is 13.9. The molecule has 4 heteroatoms. The number of hydrogen-bond acceptors (Lipinski definition) is 3. The molecule has 0 bridgehead atoms. The van der Waals surface area contributed by atoms with Gasteiger partial charge in [0.1, 0.15) is 11.5 Å². The monoisotopic (exact) mass is 336 g/mol. The lowest BCUT2D eigenvalue weighted by Gasteiger charge is -2.23. The minimum Gasteiger partial charge on any atom is -0.497 e. The van der Waals surface area contributed by atoms with E-state index in [9.17, 15) is 4.79 Å². The first kappa shape index (κ1) is 16.8. The fraction of sp³-hybridized carbons (Fsp3) is 0.190. The molecular weight excluding hydrogens is 316 g/mol. The second-order valence-electron chi connectivity index (χ2n) is 5.82. The molecule has 128 valence electrons. The van der Waals surface area contributed by atoms with E-state index in [1.54, 1.807) is 20.3 Å². The highest BCUT2D eigenvalue weighted by Gasteiger charge is 2.20. The Morgan fingerprint density at radius 2 is 1.68 bits per heavy atom. The van der Waals surface area contributed by atoms with Gasteiger partial charge in [-0.15, -0.1) is 0 Å². The maximum atomic E-state index is 11.0. The van der Waals surface area contributed by atoms with Crippen LogP contribution < -0.4 is 9.47 Å². The molecule has 25 heavy (non-hydrogen) atoms. The largest absolute Gasteiger partial charge is 0.497 e. The Balaban J connectivity index is 2.15. The van der Waals surface area contributed by atoms with E-state index in [2.05, 4.69) is 6.07 Å². The Morgan fingerprint density at radius 3 is 2.32 bits per heavy atom. The minimum atomic E-state index is -0.942. The highest BCUT2D eigenvalue weighted by Crippen LogP contribution is 2.38. The summed E-state index contributed by atoms with van der Waals surface area (Å²) >= 11 is 0.